The molecule has 0 saturated carbocycles. The van der Waals surface area contributed by atoms with E-state index in [0.717, 1.165) is 42.3 Å². The first-order valence-corrected chi connectivity index (χ1v) is 6.13. The van der Waals surface area contributed by atoms with Crippen LogP contribution in [0, 0.1) is 6.92 Å². The molecule has 0 bridgehead atoms. The normalized spacial score (nSPS) is 10.1. The van der Waals surface area contributed by atoms with E-state index in [0.29, 0.717) is 0 Å². The van der Waals surface area contributed by atoms with Gasteiger partial charge in [0.25, 0.3) is 0 Å². The summed E-state index contributed by atoms with van der Waals surface area (Å²) in [6.07, 6.45) is 0.848. The van der Waals surface area contributed by atoms with Gasteiger partial charge >= 0.3 is 0 Å². The van der Waals surface area contributed by atoms with Crippen LogP contribution in [0.15, 0.2) is 18.2 Å². The van der Waals surface area contributed by atoms with Gasteiger partial charge < -0.3 is 9.80 Å². The zero-order valence-electron chi connectivity index (χ0n) is 10.6. The fourth-order valence-corrected chi connectivity index (χ4v) is 1.74. The van der Waals surface area contributed by atoms with Crippen LogP contribution in [0.1, 0.15) is 12.5 Å². The van der Waals surface area contributed by atoms with Crippen molar-refractivity contribution in [3.8, 4) is 0 Å². The maximum Gasteiger partial charge on any atom is 0.209 e. The van der Waals surface area contributed by atoms with Crippen LogP contribution < -0.4 is 4.90 Å². The minimum Gasteiger partial charge on any atom is -0.370 e. The molecular weight excluding hydrogens is 236 g/mol. The number of hydrogen-bond donors (Lipinski definition) is 0. The monoisotopic (exact) mass is 254 g/mol. The molecule has 0 N–H and O–H groups in total. The van der Waals surface area contributed by atoms with Crippen LogP contribution in [-0.2, 0) is 4.79 Å². The van der Waals surface area contributed by atoms with E-state index in [4.69, 9.17) is 11.6 Å². The Morgan fingerprint density at radius 1 is 1.35 bits per heavy atom. The van der Waals surface area contributed by atoms with E-state index >= 15 is 0 Å². The standard InChI is InChI=1S/C13H19ClN2O/c1-4-16(8-7-15(3)10-17)12-5-6-13(14)11(2)9-12/h5-6,9-10H,4,7-8H2,1-3H3. The Kier molecular flexibility index (Phi) is 5.29. The largest absolute Gasteiger partial charge is 0.370 e. The predicted octanol–water partition coefficient (Wildman–Crippen LogP) is 2.56. The number of hydrogen-bond acceptors (Lipinski definition) is 2. The third kappa shape index (κ3) is 3.93. The number of carbonyl (C=O) groups is 1. The number of rotatable bonds is 6. The molecule has 0 aromatic heterocycles. The van der Waals surface area contributed by atoms with Gasteiger partial charge in [-0.25, -0.2) is 0 Å². The molecule has 0 atom stereocenters. The first-order valence-electron chi connectivity index (χ1n) is 5.75. The molecule has 94 valence electrons. The fourth-order valence-electron chi connectivity index (χ4n) is 1.63. The molecule has 3 nitrogen and oxygen atoms in total. The van der Waals surface area contributed by atoms with E-state index < -0.39 is 0 Å². The molecule has 0 saturated heterocycles. The summed E-state index contributed by atoms with van der Waals surface area (Å²) in [6, 6.07) is 6.00. The van der Waals surface area contributed by atoms with E-state index in [1.807, 2.05) is 19.1 Å². The van der Waals surface area contributed by atoms with Gasteiger partial charge in [0.1, 0.15) is 0 Å². The first-order chi connectivity index (χ1) is 8.08. The van der Waals surface area contributed by atoms with Gasteiger partial charge in [0.05, 0.1) is 0 Å². The summed E-state index contributed by atoms with van der Waals surface area (Å²) in [5.74, 6) is 0. The van der Waals surface area contributed by atoms with Crippen molar-refractivity contribution in [1.82, 2.24) is 4.90 Å². The minimum atomic E-state index is 0.721. The third-order valence-electron chi connectivity index (χ3n) is 2.79. The molecule has 1 rings (SSSR count). The zero-order valence-corrected chi connectivity index (χ0v) is 11.4. The summed E-state index contributed by atoms with van der Waals surface area (Å²) >= 11 is 6.01. The molecule has 0 aliphatic rings. The van der Waals surface area contributed by atoms with Crippen molar-refractivity contribution in [2.75, 3.05) is 31.6 Å². The lowest BCUT2D eigenvalue weighted by Gasteiger charge is -2.25. The summed E-state index contributed by atoms with van der Waals surface area (Å²) in [6.45, 7) is 6.56. The van der Waals surface area contributed by atoms with Crippen molar-refractivity contribution in [2.45, 2.75) is 13.8 Å². The zero-order chi connectivity index (χ0) is 12.8. The second-order valence-electron chi connectivity index (χ2n) is 4.10. The number of amides is 1. The molecule has 0 spiro atoms. The van der Waals surface area contributed by atoms with Crippen molar-refractivity contribution in [3.63, 3.8) is 0 Å². The summed E-state index contributed by atoms with van der Waals surface area (Å²) in [5.41, 5.74) is 2.22. The molecule has 0 aliphatic carbocycles. The van der Waals surface area contributed by atoms with Crippen molar-refractivity contribution < 1.29 is 4.79 Å². The van der Waals surface area contributed by atoms with Crippen LogP contribution in [0.5, 0.6) is 0 Å². The lowest BCUT2D eigenvalue weighted by molar-refractivity contribution is -0.116. The summed E-state index contributed by atoms with van der Waals surface area (Å²) < 4.78 is 0. The van der Waals surface area contributed by atoms with E-state index in [1.165, 1.54) is 0 Å². The number of anilines is 1. The Morgan fingerprint density at radius 3 is 2.59 bits per heavy atom. The summed E-state index contributed by atoms with van der Waals surface area (Å²) in [5, 5.41) is 0.787. The lowest BCUT2D eigenvalue weighted by Crippen LogP contribution is -2.32. The number of benzene rings is 1. The van der Waals surface area contributed by atoms with Gasteiger partial charge in [-0.1, -0.05) is 11.6 Å². The Hall–Kier alpha value is -1.22. The highest BCUT2D eigenvalue weighted by atomic mass is 35.5. The number of carbonyl (C=O) groups excluding carboxylic acids is 1. The van der Waals surface area contributed by atoms with Gasteiger partial charge in [-0.2, -0.15) is 0 Å². The molecule has 17 heavy (non-hydrogen) atoms. The average Bonchev–Trinajstić information content (AvgIpc) is 2.33. The van der Waals surface area contributed by atoms with Crippen molar-refractivity contribution in [2.24, 2.45) is 0 Å². The minimum absolute atomic E-state index is 0.721. The van der Waals surface area contributed by atoms with E-state index in [2.05, 4.69) is 17.9 Å². The Balaban J connectivity index is 2.72. The number of aryl methyl sites for hydroxylation is 1. The highest BCUT2D eigenvalue weighted by Gasteiger charge is 2.06. The second kappa shape index (κ2) is 6.50. The molecule has 4 heteroatoms. The van der Waals surface area contributed by atoms with Crippen LogP contribution in [0.4, 0.5) is 5.69 Å². The summed E-state index contributed by atoms with van der Waals surface area (Å²) in [7, 11) is 1.79. The lowest BCUT2D eigenvalue weighted by atomic mass is 10.2. The van der Waals surface area contributed by atoms with Gasteiger partial charge in [-0.15, -0.1) is 0 Å². The highest BCUT2D eigenvalue weighted by Crippen LogP contribution is 2.22. The quantitative estimate of drug-likeness (QED) is 0.729. The molecule has 0 heterocycles. The molecule has 1 aromatic rings. The SMILES string of the molecule is CCN(CCN(C)C=O)c1ccc(Cl)c(C)c1. The number of likely N-dealkylation sites (N-methyl/N-ethyl adjacent to an activating group) is 2. The van der Waals surface area contributed by atoms with E-state index in [-0.39, 0.29) is 0 Å². The van der Waals surface area contributed by atoms with Gasteiger partial charge in [-0.05, 0) is 37.6 Å². The van der Waals surface area contributed by atoms with Crippen LogP contribution in [0.2, 0.25) is 5.02 Å². The first kappa shape index (κ1) is 13.8. The summed E-state index contributed by atoms with van der Waals surface area (Å²) in [4.78, 5) is 14.4. The van der Waals surface area contributed by atoms with Gasteiger partial charge in [-0.3, -0.25) is 4.79 Å². The van der Waals surface area contributed by atoms with Crippen molar-refractivity contribution in [1.29, 1.82) is 0 Å². The fraction of sp³-hybridized carbons (Fsp3) is 0.462. The molecule has 1 amide bonds. The topological polar surface area (TPSA) is 23.6 Å². The van der Waals surface area contributed by atoms with Crippen LogP contribution >= 0.6 is 11.6 Å². The number of nitrogens with zero attached hydrogens (tertiary/aromatic N) is 2. The van der Waals surface area contributed by atoms with Crippen molar-refractivity contribution >= 4 is 23.7 Å². The Morgan fingerprint density at radius 2 is 2.06 bits per heavy atom. The van der Waals surface area contributed by atoms with E-state index in [1.54, 1.807) is 11.9 Å². The molecule has 0 unspecified atom stereocenters. The van der Waals surface area contributed by atoms with Gasteiger partial charge in [0.15, 0.2) is 0 Å². The third-order valence-corrected chi connectivity index (χ3v) is 3.22. The van der Waals surface area contributed by atoms with E-state index in [9.17, 15) is 4.79 Å². The highest BCUT2D eigenvalue weighted by molar-refractivity contribution is 6.31. The molecular formula is C13H19ClN2O. The predicted molar refractivity (Wildman–Crippen MR) is 72.8 cm³/mol. The smallest absolute Gasteiger partial charge is 0.209 e. The maximum atomic E-state index is 10.5. The second-order valence-corrected chi connectivity index (χ2v) is 4.51. The van der Waals surface area contributed by atoms with Crippen LogP contribution in [-0.4, -0.2) is 38.0 Å². The Bertz CT molecular complexity index is 382. The number of halogens is 1. The van der Waals surface area contributed by atoms with Crippen LogP contribution in [0.3, 0.4) is 0 Å². The van der Waals surface area contributed by atoms with Gasteiger partial charge in [0, 0.05) is 37.4 Å². The van der Waals surface area contributed by atoms with Gasteiger partial charge in [0.2, 0.25) is 6.41 Å². The van der Waals surface area contributed by atoms with Crippen LogP contribution in [0.25, 0.3) is 0 Å². The molecule has 0 aliphatic heterocycles. The Labute approximate surface area is 108 Å². The average molecular weight is 255 g/mol. The maximum absolute atomic E-state index is 10.5. The van der Waals surface area contributed by atoms with Crippen molar-refractivity contribution in [3.05, 3.63) is 28.8 Å². The molecule has 0 fully saturated rings. The molecule has 1 aromatic carbocycles. The molecule has 0 radical (unpaired) electrons.